The molecule has 0 bridgehead atoms. The number of thioether (sulfide) groups is 1. The molecule has 1 aromatic carbocycles. The van der Waals surface area contributed by atoms with Crippen molar-refractivity contribution in [1.29, 1.82) is 5.26 Å². The molecule has 1 heterocycles. The van der Waals surface area contributed by atoms with Crippen LogP contribution in [0.5, 0.6) is 0 Å². The molecule has 3 nitrogen and oxygen atoms in total. The van der Waals surface area contributed by atoms with E-state index in [9.17, 15) is 4.79 Å². The Morgan fingerprint density at radius 2 is 2.26 bits per heavy atom. The molecule has 1 N–H and O–H groups in total. The lowest BCUT2D eigenvalue weighted by Gasteiger charge is -2.13. The zero-order valence-electron chi connectivity index (χ0n) is 10.8. The number of amides is 1. The number of nitrogens with zero attached hydrogens (tertiary/aromatic N) is 1. The zero-order chi connectivity index (χ0) is 13.5. The molecular formula is C15H18N2OS. The van der Waals surface area contributed by atoms with Crippen LogP contribution in [0.2, 0.25) is 0 Å². The van der Waals surface area contributed by atoms with Crippen molar-refractivity contribution < 1.29 is 4.79 Å². The quantitative estimate of drug-likeness (QED) is 0.896. The van der Waals surface area contributed by atoms with Crippen LogP contribution in [0.15, 0.2) is 30.3 Å². The molecule has 2 unspecified atom stereocenters. The van der Waals surface area contributed by atoms with E-state index in [0.29, 0.717) is 18.9 Å². The Hall–Kier alpha value is -1.47. The average molecular weight is 274 g/mol. The SMILES string of the molecule is N#CC(Cc1ccccc1)C(=O)NCC1CCSC1. The Balaban J connectivity index is 1.83. The predicted octanol–water partition coefficient (Wildman–Crippen LogP) is 2.24. The molecule has 1 fully saturated rings. The van der Waals surface area contributed by atoms with Gasteiger partial charge in [0.2, 0.25) is 5.91 Å². The second-order valence-corrected chi connectivity index (χ2v) is 6.00. The standard InChI is InChI=1S/C15H18N2OS/c16-9-14(8-12-4-2-1-3-5-12)15(18)17-10-13-6-7-19-11-13/h1-5,13-14H,6-8,10-11H2,(H,17,18). The molecular weight excluding hydrogens is 256 g/mol. The van der Waals surface area contributed by atoms with Gasteiger partial charge >= 0.3 is 0 Å². The minimum Gasteiger partial charge on any atom is -0.355 e. The molecule has 1 amide bonds. The van der Waals surface area contributed by atoms with Gasteiger partial charge in [-0.05, 0) is 35.8 Å². The first-order valence-electron chi connectivity index (χ1n) is 6.58. The lowest BCUT2D eigenvalue weighted by molar-refractivity contribution is -0.123. The highest BCUT2D eigenvalue weighted by Gasteiger charge is 2.21. The van der Waals surface area contributed by atoms with Crippen LogP contribution in [0.3, 0.4) is 0 Å². The van der Waals surface area contributed by atoms with Crippen molar-refractivity contribution in [1.82, 2.24) is 5.32 Å². The van der Waals surface area contributed by atoms with E-state index in [1.807, 2.05) is 42.1 Å². The molecule has 1 aliphatic rings. The van der Waals surface area contributed by atoms with E-state index in [0.717, 1.165) is 11.3 Å². The zero-order valence-corrected chi connectivity index (χ0v) is 11.7. The second-order valence-electron chi connectivity index (χ2n) is 4.85. The fourth-order valence-corrected chi connectivity index (χ4v) is 3.44. The van der Waals surface area contributed by atoms with E-state index in [1.165, 1.54) is 12.2 Å². The topological polar surface area (TPSA) is 52.9 Å². The van der Waals surface area contributed by atoms with Crippen molar-refractivity contribution in [3.8, 4) is 6.07 Å². The summed E-state index contributed by atoms with van der Waals surface area (Å²) in [5, 5.41) is 12.1. The number of rotatable bonds is 5. The molecule has 19 heavy (non-hydrogen) atoms. The normalized spacial score (nSPS) is 19.6. The molecule has 1 aromatic rings. The van der Waals surface area contributed by atoms with Gasteiger partial charge in [0, 0.05) is 6.54 Å². The molecule has 1 aliphatic heterocycles. The van der Waals surface area contributed by atoms with Crippen molar-refractivity contribution in [3.05, 3.63) is 35.9 Å². The van der Waals surface area contributed by atoms with Gasteiger partial charge in [-0.2, -0.15) is 17.0 Å². The van der Waals surface area contributed by atoms with Gasteiger partial charge in [0.15, 0.2) is 0 Å². The van der Waals surface area contributed by atoms with Crippen LogP contribution in [-0.2, 0) is 11.2 Å². The summed E-state index contributed by atoms with van der Waals surface area (Å²) >= 11 is 1.93. The first-order chi connectivity index (χ1) is 9.29. The summed E-state index contributed by atoms with van der Waals surface area (Å²) in [6, 6.07) is 11.8. The highest BCUT2D eigenvalue weighted by atomic mass is 32.2. The monoisotopic (exact) mass is 274 g/mol. The Morgan fingerprint density at radius 1 is 1.47 bits per heavy atom. The average Bonchev–Trinajstić information content (AvgIpc) is 2.96. The molecule has 100 valence electrons. The first-order valence-corrected chi connectivity index (χ1v) is 7.74. The van der Waals surface area contributed by atoms with Gasteiger partial charge in [-0.1, -0.05) is 30.3 Å². The summed E-state index contributed by atoms with van der Waals surface area (Å²) in [6.07, 6.45) is 1.66. The van der Waals surface area contributed by atoms with E-state index in [-0.39, 0.29) is 5.91 Å². The van der Waals surface area contributed by atoms with E-state index in [1.54, 1.807) is 0 Å². The molecule has 0 saturated carbocycles. The van der Waals surface area contributed by atoms with Crippen LogP contribution in [0.1, 0.15) is 12.0 Å². The lowest BCUT2D eigenvalue weighted by Crippen LogP contribution is -2.34. The van der Waals surface area contributed by atoms with E-state index < -0.39 is 5.92 Å². The second kappa shape index (κ2) is 7.20. The first kappa shape index (κ1) is 14.0. The highest BCUT2D eigenvalue weighted by Crippen LogP contribution is 2.22. The number of hydrogen-bond acceptors (Lipinski definition) is 3. The number of nitrogens with one attached hydrogen (secondary N) is 1. The fraction of sp³-hybridized carbons (Fsp3) is 0.467. The van der Waals surface area contributed by atoms with Crippen LogP contribution in [0, 0.1) is 23.2 Å². The molecule has 0 aromatic heterocycles. The summed E-state index contributed by atoms with van der Waals surface area (Å²) in [5.74, 6) is 2.16. The molecule has 2 atom stereocenters. The maximum absolute atomic E-state index is 12.0. The number of carbonyl (C=O) groups is 1. The van der Waals surface area contributed by atoms with Crippen LogP contribution >= 0.6 is 11.8 Å². The minimum absolute atomic E-state index is 0.136. The van der Waals surface area contributed by atoms with Crippen molar-refractivity contribution in [3.63, 3.8) is 0 Å². The van der Waals surface area contributed by atoms with Gasteiger partial charge in [-0.3, -0.25) is 4.79 Å². The molecule has 0 radical (unpaired) electrons. The molecule has 1 saturated heterocycles. The Labute approximate surface area is 118 Å². The number of nitriles is 1. The third-order valence-corrected chi connectivity index (χ3v) is 4.58. The van der Waals surface area contributed by atoms with Gasteiger partial charge in [0.25, 0.3) is 0 Å². The smallest absolute Gasteiger partial charge is 0.237 e. The Kier molecular flexibility index (Phi) is 5.29. The molecule has 0 spiro atoms. The predicted molar refractivity (Wildman–Crippen MR) is 77.7 cm³/mol. The summed E-state index contributed by atoms with van der Waals surface area (Å²) in [6.45, 7) is 0.707. The Bertz CT molecular complexity index is 449. The van der Waals surface area contributed by atoms with Crippen LogP contribution in [0.4, 0.5) is 0 Å². The van der Waals surface area contributed by atoms with E-state index >= 15 is 0 Å². The van der Waals surface area contributed by atoms with Crippen molar-refractivity contribution >= 4 is 17.7 Å². The van der Waals surface area contributed by atoms with Crippen LogP contribution < -0.4 is 5.32 Å². The highest BCUT2D eigenvalue weighted by molar-refractivity contribution is 7.99. The van der Waals surface area contributed by atoms with Gasteiger partial charge in [-0.15, -0.1) is 0 Å². The van der Waals surface area contributed by atoms with Gasteiger partial charge in [-0.25, -0.2) is 0 Å². The number of carbonyl (C=O) groups excluding carboxylic acids is 1. The molecule has 4 heteroatoms. The van der Waals surface area contributed by atoms with Gasteiger partial charge in [0.05, 0.1) is 6.07 Å². The van der Waals surface area contributed by atoms with Crippen LogP contribution in [0.25, 0.3) is 0 Å². The van der Waals surface area contributed by atoms with Crippen LogP contribution in [-0.4, -0.2) is 24.0 Å². The summed E-state index contributed by atoms with van der Waals surface area (Å²) < 4.78 is 0. The lowest BCUT2D eigenvalue weighted by atomic mass is 9.99. The van der Waals surface area contributed by atoms with Gasteiger partial charge < -0.3 is 5.32 Å². The third-order valence-electron chi connectivity index (χ3n) is 3.34. The largest absolute Gasteiger partial charge is 0.355 e. The van der Waals surface area contributed by atoms with Crippen molar-refractivity contribution in [2.45, 2.75) is 12.8 Å². The Morgan fingerprint density at radius 3 is 2.89 bits per heavy atom. The number of benzene rings is 1. The molecule has 0 aliphatic carbocycles. The summed E-state index contributed by atoms with van der Waals surface area (Å²) in [4.78, 5) is 12.0. The summed E-state index contributed by atoms with van der Waals surface area (Å²) in [7, 11) is 0. The third kappa shape index (κ3) is 4.29. The molecule has 2 rings (SSSR count). The van der Waals surface area contributed by atoms with E-state index in [2.05, 4.69) is 11.4 Å². The van der Waals surface area contributed by atoms with Crippen molar-refractivity contribution in [2.75, 3.05) is 18.1 Å². The number of hydrogen-bond donors (Lipinski definition) is 1. The van der Waals surface area contributed by atoms with Gasteiger partial charge in [0.1, 0.15) is 5.92 Å². The minimum atomic E-state index is -0.587. The summed E-state index contributed by atoms with van der Waals surface area (Å²) in [5.41, 5.74) is 1.03. The fourth-order valence-electron chi connectivity index (χ4n) is 2.16. The maximum Gasteiger partial charge on any atom is 0.237 e. The van der Waals surface area contributed by atoms with E-state index in [4.69, 9.17) is 5.26 Å². The maximum atomic E-state index is 12.0. The van der Waals surface area contributed by atoms with Crippen molar-refractivity contribution in [2.24, 2.45) is 11.8 Å².